The summed E-state index contributed by atoms with van der Waals surface area (Å²) in [5, 5.41) is 59.7. The molecule has 0 fully saturated rings. The van der Waals surface area contributed by atoms with E-state index in [-0.39, 0.29) is 91.8 Å². The second-order valence-electron chi connectivity index (χ2n) is 10.6. The SMILES string of the molecule is CC=C(O)C(=O)OCCCOCC(O)C(O)C(OCCCOC(=O)C(O)=CC)C(COCCCOC(=O)C(O)=CC)OCCCOC(=O)C(O)=CC. The molecule has 0 aromatic rings. The number of aliphatic hydroxyl groups excluding tert-OH is 6. The Balaban J connectivity index is 5.59. The quantitative estimate of drug-likeness (QED) is 0.0210. The van der Waals surface area contributed by atoms with Gasteiger partial charge in [0.25, 0.3) is 0 Å². The molecule has 4 atom stereocenters. The first kappa shape index (κ1) is 47.8. The maximum absolute atomic E-state index is 11.7. The summed E-state index contributed by atoms with van der Waals surface area (Å²) in [5.41, 5.74) is 0. The second-order valence-corrected chi connectivity index (χ2v) is 10.6. The smallest absolute Gasteiger partial charge is 0.373 e. The molecule has 0 aliphatic rings. The number of ether oxygens (including phenoxy) is 8. The van der Waals surface area contributed by atoms with Crippen LogP contribution < -0.4 is 0 Å². The Morgan fingerprint density at radius 2 is 0.808 bits per heavy atom. The molecule has 0 rings (SSSR count). The first-order chi connectivity index (χ1) is 24.8. The van der Waals surface area contributed by atoms with Crippen molar-refractivity contribution in [3.8, 4) is 0 Å². The predicted octanol–water partition coefficient (Wildman–Crippen LogP) is 2.09. The Hall–Kier alpha value is -4.20. The van der Waals surface area contributed by atoms with Gasteiger partial charge in [-0.2, -0.15) is 0 Å². The lowest BCUT2D eigenvalue weighted by Gasteiger charge is -2.33. The van der Waals surface area contributed by atoms with Crippen LogP contribution in [-0.2, 0) is 57.1 Å². The molecular weight excluding hydrogens is 696 g/mol. The Morgan fingerprint density at radius 1 is 0.481 bits per heavy atom. The molecular formula is C34H54O18. The molecule has 6 N–H and O–H groups in total. The molecule has 0 spiro atoms. The van der Waals surface area contributed by atoms with Crippen molar-refractivity contribution in [2.45, 2.75) is 77.8 Å². The summed E-state index contributed by atoms with van der Waals surface area (Å²) >= 11 is 0. The highest BCUT2D eigenvalue weighted by Crippen LogP contribution is 2.16. The highest BCUT2D eigenvalue weighted by molar-refractivity contribution is 5.86. The fourth-order valence-electron chi connectivity index (χ4n) is 3.71. The Bertz CT molecular complexity index is 1180. The lowest BCUT2D eigenvalue weighted by atomic mass is 10.0. The minimum absolute atomic E-state index is 0.0184. The van der Waals surface area contributed by atoms with Gasteiger partial charge in [-0.15, -0.1) is 0 Å². The number of rotatable bonds is 29. The van der Waals surface area contributed by atoms with E-state index in [0.29, 0.717) is 0 Å². The molecule has 0 aromatic heterocycles. The Labute approximate surface area is 302 Å². The highest BCUT2D eigenvalue weighted by atomic mass is 16.6. The minimum Gasteiger partial charge on any atom is -0.502 e. The molecule has 0 aliphatic carbocycles. The Morgan fingerprint density at radius 3 is 1.17 bits per heavy atom. The van der Waals surface area contributed by atoms with Crippen molar-refractivity contribution in [1.82, 2.24) is 0 Å². The maximum Gasteiger partial charge on any atom is 0.373 e. The van der Waals surface area contributed by atoms with Crippen molar-refractivity contribution in [2.24, 2.45) is 0 Å². The van der Waals surface area contributed by atoms with Crippen molar-refractivity contribution in [3.05, 3.63) is 47.3 Å². The number of esters is 4. The molecule has 0 bridgehead atoms. The molecule has 4 unspecified atom stereocenters. The first-order valence-electron chi connectivity index (χ1n) is 16.7. The zero-order chi connectivity index (χ0) is 39.3. The second kappa shape index (κ2) is 29.4. The van der Waals surface area contributed by atoms with E-state index in [0.717, 1.165) is 6.08 Å². The fourth-order valence-corrected chi connectivity index (χ4v) is 3.71. The Kier molecular flexibility index (Phi) is 27.0. The molecule has 0 amide bonds. The highest BCUT2D eigenvalue weighted by Gasteiger charge is 2.35. The molecule has 0 heterocycles. The van der Waals surface area contributed by atoms with Gasteiger partial charge in [0.2, 0.25) is 0 Å². The molecule has 18 nitrogen and oxygen atoms in total. The fraction of sp³-hybridized carbons (Fsp3) is 0.647. The average Bonchev–Trinajstić information content (AvgIpc) is 3.15. The lowest BCUT2D eigenvalue weighted by molar-refractivity contribution is -0.174. The molecule has 0 saturated carbocycles. The number of carbonyl (C=O) groups excluding carboxylic acids is 4. The zero-order valence-corrected chi connectivity index (χ0v) is 30.1. The van der Waals surface area contributed by atoms with Crippen LogP contribution in [0.15, 0.2) is 47.3 Å². The van der Waals surface area contributed by atoms with E-state index in [1.807, 2.05) is 0 Å². The first-order valence-corrected chi connectivity index (χ1v) is 16.7. The lowest BCUT2D eigenvalue weighted by Crippen LogP contribution is -2.50. The van der Waals surface area contributed by atoms with Crippen LogP contribution in [0.25, 0.3) is 0 Å². The van der Waals surface area contributed by atoms with Crippen molar-refractivity contribution in [1.29, 1.82) is 0 Å². The number of allylic oxidation sites excluding steroid dienone is 4. The molecule has 298 valence electrons. The van der Waals surface area contributed by atoms with E-state index in [1.54, 1.807) is 0 Å². The van der Waals surface area contributed by atoms with Crippen LogP contribution in [0, 0.1) is 0 Å². The number of hydrogen-bond acceptors (Lipinski definition) is 18. The van der Waals surface area contributed by atoms with Gasteiger partial charge >= 0.3 is 23.9 Å². The minimum atomic E-state index is -1.64. The van der Waals surface area contributed by atoms with E-state index < -0.39 is 71.3 Å². The molecule has 0 aliphatic heterocycles. The van der Waals surface area contributed by atoms with Crippen molar-refractivity contribution in [3.63, 3.8) is 0 Å². The van der Waals surface area contributed by atoms with E-state index in [1.165, 1.54) is 45.9 Å². The van der Waals surface area contributed by atoms with Gasteiger partial charge in [-0.25, -0.2) is 19.2 Å². The van der Waals surface area contributed by atoms with Crippen LogP contribution in [0.3, 0.4) is 0 Å². The molecule has 0 saturated heterocycles. The molecule has 0 radical (unpaired) electrons. The van der Waals surface area contributed by atoms with E-state index in [2.05, 4.69) is 0 Å². The average molecular weight is 751 g/mol. The molecule has 52 heavy (non-hydrogen) atoms. The van der Waals surface area contributed by atoms with Gasteiger partial charge < -0.3 is 68.5 Å². The standard InChI is InChI=1S/C34H54O18/c1-5-23(35)31(41)49-17-9-13-45-21-27(39)29(40)30(48-16-12-20-52-34(44)26(38)8-4)28(47-15-11-19-51-33(43)25(37)7-3)22-46-14-10-18-50-32(42)24(36)6-2/h5-8,27-30,35-40H,9-22H2,1-4H3. The number of aliphatic hydroxyl groups is 6. The third kappa shape index (κ3) is 21.2. The molecule has 0 aromatic carbocycles. The van der Waals surface area contributed by atoms with Crippen LogP contribution >= 0.6 is 0 Å². The predicted molar refractivity (Wildman–Crippen MR) is 181 cm³/mol. The maximum atomic E-state index is 11.7. The van der Waals surface area contributed by atoms with Crippen molar-refractivity contribution in [2.75, 3.05) is 66.1 Å². The summed E-state index contributed by atoms with van der Waals surface area (Å²) in [6.07, 6.45) is -0.106. The van der Waals surface area contributed by atoms with Gasteiger partial charge in [0, 0.05) is 38.9 Å². The zero-order valence-electron chi connectivity index (χ0n) is 30.1. The summed E-state index contributed by atoms with van der Waals surface area (Å²) < 4.78 is 42.6. The van der Waals surface area contributed by atoms with Crippen LogP contribution in [0.1, 0.15) is 53.4 Å². The third-order valence-electron chi connectivity index (χ3n) is 6.62. The summed E-state index contributed by atoms with van der Waals surface area (Å²) in [7, 11) is 0. The van der Waals surface area contributed by atoms with Crippen LogP contribution in [0.2, 0.25) is 0 Å². The number of hydrogen-bond donors (Lipinski definition) is 6. The van der Waals surface area contributed by atoms with Gasteiger partial charge in [0.15, 0.2) is 23.0 Å². The summed E-state index contributed by atoms with van der Waals surface area (Å²) in [4.78, 5) is 46.6. The van der Waals surface area contributed by atoms with E-state index in [4.69, 9.17) is 37.9 Å². The largest absolute Gasteiger partial charge is 0.502 e. The van der Waals surface area contributed by atoms with E-state index >= 15 is 0 Å². The van der Waals surface area contributed by atoms with Gasteiger partial charge in [0.05, 0.1) is 52.9 Å². The van der Waals surface area contributed by atoms with Gasteiger partial charge in [-0.3, -0.25) is 0 Å². The van der Waals surface area contributed by atoms with Gasteiger partial charge in [-0.1, -0.05) is 0 Å². The van der Waals surface area contributed by atoms with Crippen LogP contribution in [0.4, 0.5) is 0 Å². The van der Waals surface area contributed by atoms with Crippen LogP contribution in [-0.4, -0.2) is 145 Å². The monoisotopic (exact) mass is 750 g/mol. The summed E-state index contributed by atoms with van der Waals surface area (Å²) in [6.45, 7) is 4.68. The van der Waals surface area contributed by atoms with Gasteiger partial charge in [0.1, 0.15) is 24.4 Å². The summed E-state index contributed by atoms with van der Waals surface area (Å²) in [6, 6.07) is 0. The number of carbonyl (C=O) groups is 4. The topological polar surface area (TPSA) is 263 Å². The summed E-state index contributed by atoms with van der Waals surface area (Å²) in [5.74, 6) is -5.89. The van der Waals surface area contributed by atoms with Crippen molar-refractivity contribution < 1.29 is 87.7 Å². The molecule has 18 heteroatoms. The van der Waals surface area contributed by atoms with Crippen LogP contribution in [0.5, 0.6) is 0 Å². The normalized spacial score (nSPS) is 15.0. The van der Waals surface area contributed by atoms with E-state index in [9.17, 15) is 49.8 Å². The third-order valence-corrected chi connectivity index (χ3v) is 6.62. The van der Waals surface area contributed by atoms with Crippen molar-refractivity contribution >= 4 is 23.9 Å². The van der Waals surface area contributed by atoms with Gasteiger partial charge in [-0.05, 0) is 52.0 Å².